The number of hydrogen-bond donors (Lipinski definition) is 2. The van der Waals surface area contributed by atoms with Gasteiger partial charge in [0, 0.05) is 20.3 Å². The van der Waals surface area contributed by atoms with Gasteiger partial charge in [-0.15, -0.1) is 0 Å². The SMILES string of the molecule is CN(C)C(=O)COC/C(=N\O)c1cc(C(=O)O)ccn1. The molecule has 0 aliphatic rings. The van der Waals surface area contributed by atoms with Crippen LogP contribution in [0.4, 0.5) is 0 Å². The minimum Gasteiger partial charge on any atom is -0.478 e. The van der Waals surface area contributed by atoms with E-state index in [2.05, 4.69) is 10.1 Å². The minimum absolute atomic E-state index is 0.0144. The lowest BCUT2D eigenvalue weighted by atomic mass is 10.2. The van der Waals surface area contributed by atoms with Gasteiger partial charge in [-0.1, -0.05) is 5.16 Å². The van der Waals surface area contributed by atoms with Crippen LogP contribution in [0, 0.1) is 0 Å². The van der Waals surface area contributed by atoms with Crippen molar-refractivity contribution in [1.29, 1.82) is 0 Å². The Morgan fingerprint density at radius 2 is 2.10 bits per heavy atom. The molecule has 0 radical (unpaired) electrons. The number of carbonyl (C=O) groups excluding carboxylic acids is 1. The topological polar surface area (TPSA) is 112 Å². The fraction of sp³-hybridized carbons (Fsp3) is 0.333. The molecule has 0 unspecified atom stereocenters. The summed E-state index contributed by atoms with van der Waals surface area (Å²) < 4.78 is 5.10. The van der Waals surface area contributed by atoms with Crippen molar-refractivity contribution in [2.75, 3.05) is 27.3 Å². The van der Waals surface area contributed by atoms with Gasteiger partial charge >= 0.3 is 5.97 Å². The molecular formula is C12H15N3O5. The molecule has 0 saturated carbocycles. The number of oxime groups is 1. The quantitative estimate of drug-likeness (QED) is 0.433. The first kappa shape index (κ1) is 15.6. The van der Waals surface area contributed by atoms with Gasteiger partial charge in [0.1, 0.15) is 12.3 Å². The Labute approximate surface area is 115 Å². The van der Waals surface area contributed by atoms with Gasteiger partial charge in [0.15, 0.2) is 0 Å². The molecule has 1 aromatic heterocycles. The predicted octanol–water partition coefficient (Wildman–Crippen LogP) is 0.0629. The van der Waals surface area contributed by atoms with E-state index in [-0.39, 0.29) is 36.1 Å². The van der Waals surface area contributed by atoms with Crippen molar-refractivity contribution in [3.8, 4) is 0 Å². The number of pyridine rings is 1. The second-order valence-corrected chi connectivity index (χ2v) is 4.06. The summed E-state index contributed by atoms with van der Waals surface area (Å²) in [5.41, 5.74) is 0.227. The van der Waals surface area contributed by atoms with E-state index in [1.54, 1.807) is 14.1 Å². The molecular weight excluding hydrogens is 266 g/mol. The maximum atomic E-state index is 11.3. The highest BCUT2D eigenvalue weighted by atomic mass is 16.5. The van der Waals surface area contributed by atoms with Crippen LogP contribution >= 0.6 is 0 Å². The van der Waals surface area contributed by atoms with E-state index >= 15 is 0 Å². The first-order valence-electron chi connectivity index (χ1n) is 5.64. The Bertz CT molecular complexity index is 528. The fourth-order valence-corrected chi connectivity index (χ4v) is 1.24. The molecule has 0 spiro atoms. The van der Waals surface area contributed by atoms with E-state index in [0.29, 0.717) is 0 Å². The molecule has 1 heterocycles. The largest absolute Gasteiger partial charge is 0.478 e. The number of nitrogens with zero attached hydrogens (tertiary/aromatic N) is 3. The average Bonchev–Trinajstić information content (AvgIpc) is 2.43. The number of carboxylic acid groups (broad SMARTS) is 1. The lowest BCUT2D eigenvalue weighted by molar-refractivity contribution is -0.132. The molecule has 0 aliphatic heterocycles. The summed E-state index contributed by atoms with van der Waals surface area (Å²) in [6.45, 7) is -0.337. The summed E-state index contributed by atoms with van der Waals surface area (Å²) in [6.07, 6.45) is 1.29. The summed E-state index contributed by atoms with van der Waals surface area (Å²) in [7, 11) is 3.18. The maximum absolute atomic E-state index is 11.3. The van der Waals surface area contributed by atoms with Crippen LogP contribution in [0.5, 0.6) is 0 Å². The molecule has 0 atom stereocenters. The summed E-state index contributed by atoms with van der Waals surface area (Å²) >= 11 is 0. The Morgan fingerprint density at radius 3 is 2.65 bits per heavy atom. The fourth-order valence-electron chi connectivity index (χ4n) is 1.24. The van der Waals surface area contributed by atoms with Crippen molar-refractivity contribution in [2.45, 2.75) is 0 Å². The van der Waals surface area contributed by atoms with Gasteiger partial charge in [-0.05, 0) is 12.1 Å². The summed E-state index contributed by atoms with van der Waals surface area (Å²) in [5, 5.41) is 20.8. The third-order valence-corrected chi connectivity index (χ3v) is 2.39. The van der Waals surface area contributed by atoms with Crippen LogP contribution in [0.3, 0.4) is 0 Å². The number of aromatic nitrogens is 1. The van der Waals surface area contributed by atoms with Gasteiger partial charge < -0.3 is 20.0 Å². The molecule has 0 fully saturated rings. The van der Waals surface area contributed by atoms with Crippen molar-refractivity contribution in [1.82, 2.24) is 9.88 Å². The first-order valence-corrected chi connectivity index (χ1v) is 5.64. The number of rotatable bonds is 6. The smallest absolute Gasteiger partial charge is 0.335 e. The van der Waals surface area contributed by atoms with Crippen LogP contribution in [0.15, 0.2) is 23.5 Å². The number of carbonyl (C=O) groups is 2. The molecule has 0 aromatic carbocycles. The highest BCUT2D eigenvalue weighted by Crippen LogP contribution is 2.04. The van der Waals surface area contributed by atoms with Crippen molar-refractivity contribution in [2.24, 2.45) is 5.16 Å². The van der Waals surface area contributed by atoms with E-state index in [9.17, 15) is 9.59 Å². The molecule has 1 aromatic rings. The predicted molar refractivity (Wildman–Crippen MR) is 69.0 cm³/mol. The Balaban J connectivity index is 2.70. The lowest BCUT2D eigenvalue weighted by Gasteiger charge is -2.10. The highest BCUT2D eigenvalue weighted by Gasteiger charge is 2.12. The summed E-state index contributed by atoms with van der Waals surface area (Å²) in [5.74, 6) is -1.36. The Morgan fingerprint density at radius 1 is 1.40 bits per heavy atom. The van der Waals surface area contributed by atoms with E-state index in [1.807, 2.05) is 0 Å². The zero-order valence-electron chi connectivity index (χ0n) is 11.1. The van der Waals surface area contributed by atoms with E-state index in [4.69, 9.17) is 15.1 Å². The third kappa shape index (κ3) is 4.32. The van der Waals surface area contributed by atoms with Crippen LogP contribution in [0.2, 0.25) is 0 Å². The molecule has 8 nitrogen and oxygen atoms in total. The van der Waals surface area contributed by atoms with Crippen LogP contribution < -0.4 is 0 Å². The number of carboxylic acids is 1. The highest BCUT2D eigenvalue weighted by molar-refractivity contribution is 6.01. The van der Waals surface area contributed by atoms with Gasteiger partial charge in [0.25, 0.3) is 0 Å². The third-order valence-electron chi connectivity index (χ3n) is 2.39. The number of likely N-dealkylation sites (N-methyl/N-ethyl adjacent to an activating group) is 1. The number of aromatic carboxylic acids is 1. The molecule has 2 N–H and O–H groups in total. The van der Waals surface area contributed by atoms with Crippen LogP contribution in [0.1, 0.15) is 16.1 Å². The van der Waals surface area contributed by atoms with E-state index < -0.39 is 5.97 Å². The van der Waals surface area contributed by atoms with Gasteiger partial charge in [-0.3, -0.25) is 9.78 Å². The summed E-state index contributed by atoms with van der Waals surface area (Å²) in [4.78, 5) is 27.4. The normalized spacial score (nSPS) is 11.2. The van der Waals surface area contributed by atoms with Gasteiger partial charge in [0.05, 0.1) is 17.9 Å². The Hall–Kier alpha value is -2.48. The van der Waals surface area contributed by atoms with E-state index in [0.717, 1.165) is 0 Å². The van der Waals surface area contributed by atoms with Gasteiger partial charge in [-0.25, -0.2) is 4.79 Å². The zero-order valence-corrected chi connectivity index (χ0v) is 11.1. The lowest BCUT2D eigenvalue weighted by Crippen LogP contribution is -2.27. The van der Waals surface area contributed by atoms with Gasteiger partial charge in [0.2, 0.25) is 5.91 Å². The van der Waals surface area contributed by atoms with Crippen LogP contribution in [0.25, 0.3) is 0 Å². The standard InChI is InChI=1S/C12H15N3O5/c1-15(2)11(16)7-20-6-10(14-19)9-5-8(12(17)18)3-4-13-9/h3-5,19H,6-7H2,1-2H3,(H,17,18)/b14-10+. The maximum Gasteiger partial charge on any atom is 0.335 e. The molecule has 1 amide bonds. The number of hydrogen-bond acceptors (Lipinski definition) is 6. The average molecular weight is 281 g/mol. The molecule has 0 saturated heterocycles. The zero-order chi connectivity index (χ0) is 15.1. The van der Waals surface area contributed by atoms with Gasteiger partial charge in [-0.2, -0.15) is 0 Å². The molecule has 1 rings (SSSR count). The summed E-state index contributed by atoms with van der Waals surface area (Å²) in [6, 6.07) is 2.58. The van der Waals surface area contributed by atoms with Crippen molar-refractivity contribution in [3.63, 3.8) is 0 Å². The molecule has 108 valence electrons. The second-order valence-electron chi connectivity index (χ2n) is 4.06. The van der Waals surface area contributed by atoms with Crippen LogP contribution in [-0.4, -0.2) is 65.1 Å². The first-order chi connectivity index (χ1) is 9.45. The second kappa shape index (κ2) is 7.19. The molecule has 20 heavy (non-hydrogen) atoms. The minimum atomic E-state index is -1.12. The number of ether oxygens (including phenoxy) is 1. The van der Waals surface area contributed by atoms with Crippen molar-refractivity contribution >= 4 is 17.6 Å². The molecule has 0 aliphatic carbocycles. The van der Waals surface area contributed by atoms with E-state index in [1.165, 1.54) is 23.2 Å². The molecule has 8 heteroatoms. The van der Waals surface area contributed by atoms with Crippen LogP contribution in [-0.2, 0) is 9.53 Å². The van der Waals surface area contributed by atoms with Crippen molar-refractivity contribution in [3.05, 3.63) is 29.6 Å². The Kier molecular flexibility index (Phi) is 5.60. The monoisotopic (exact) mass is 281 g/mol. The van der Waals surface area contributed by atoms with Crippen molar-refractivity contribution < 1.29 is 24.6 Å². The number of amides is 1. The molecule has 0 bridgehead atoms.